The van der Waals surface area contributed by atoms with Gasteiger partial charge in [-0.25, -0.2) is 9.37 Å². The highest BCUT2D eigenvalue weighted by Crippen LogP contribution is 2.66. The number of anilines is 1. The van der Waals surface area contributed by atoms with Gasteiger partial charge >= 0.3 is 0 Å². The van der Waals surface area contributed by atoms with Crippen LogP contribution in [0.15, 0.2) is 47.1 Å². The van der Waals surface area contributed by atoms with Crippen molar-refractivity contribution in [2.45, 2.75) is 30.7 Å². The molecule has 146 valence electrons. The Morgan fingerprint density at radius 1 is 1.36 bits per heavy atom. The largest absolute Gasteiger partial charge is 0.370 e. The van der Waals surface area contributed by atoms with E-state index in [4.69, 9.17) is 12.2 Å². The summed E-state index contributed by atoms with van der Waals surface area (Å²) in [7, 11) is 0. The SMILES string of the molecule is F.Fc1ccc(Br)cc1[C@]12C[C@H]1c1c(CCNc3ccccn3)[nH]c(=S)n1C2. The number of pyridine rings is 1. The molecule has 0 unspecified atom stereocenters. The fraction of sp³-hybridized carbons (Fsp3) is 0.300. The van der Waals surface area contributed by atoms with E-state index in [-0.39, 0.29) is 15.9 Å². The highest BCUT2D eigenvalue weighted by Gasteiger charge is 2.63. The Balaban J connectivity index is 0.00000192. The summed E-state index contributed by atoms with van der Waals surface area (Å²) in [6, 6.07) is 11.0. The maximum absolute atomic E-state index is 14.5. The Morgan fingerprint density at radius 2 is 2.21 bits per heavy atom. The van der Waals surface area contributed by atoms with E-state index >= 15 is 0 Å². The van der Waals surface area contributed by atoms with E-state index in [1.54, 1.807) is 18.3 Å². The van der Waals surface area contributed by atoms with E-state index < -0.39 is 0 Å². The summed E-state index contributed by atoms with van der Waals surface area (Å²) in [4.78, 5) is 7.65. The summed E-state index contributed by atoms with van der Waals surface area (Å²) in [6.07, 6.45) is 3.58. The molecule has 0 radical (unpaired) electrons. The van der Waals surface area contributed by atoms with Crippen molar-refractivity contribution < 1.29 is 9.09 Å². The predicted octanol–water partition coefficient (Wildman–Crippen LogP) is 5.09. The maximum Gasteiger partial charge on any atom is 0.177 e. The van der Waals surface area contributed by atoms with E-state index in [9.17, 15) is 4.39 Å². The van der Waals surface area contributed by atoms with Crippen molar-refractivity contribution in [2.24, 2.45) is 0 Å². The number of aromatic nitrogens is 3. The van der Waals surface area contributed by atoms with E-state index in [1.807, 2.05) is 24.3 Å². The predicted molar refractivity (Wildman–Crippen MR) is 112 cm³/mol. The molecule has 8 heteroatoms. The molecule has 1 aliphatic heterocycles. The van der Waals surface area contributed by atoms with Gasteiger partial charge in [0, 0.05) is 52.9 Å². The van der Waals surface area contributed by atoms with Crippen molar-refractivity contribution in [3.8, 4) is 0 Å². The van der Waals surface area contributed by atoms with Crippen molar-refractivity contribution in [2.75, 3.05) is 11.9 Å². The van der Waals surface area contributed by atoms with Gasteiger partial charge in [0.1, 0.15) is 11.6 Å². The first kappa shape index (κ1) is 19.3. The van der Waals surface area contributed by atoms with Crippen LogP contribution in [0, 0.1) is 10.6 Å². The lowest BCUT2D eigenvalue weighted by molar-refractivity contribution is 0.530. The van der Waals surface area contributed by atoms with Crippen LogP contribution in [-0.2, 0) is 18.4 Å². The van der Waals surface area contributed by atoms with Crippen LogP contribution in [0.5, 0.6) is 0 Å². The monoisotopic (exact) mass is 464 g/mol. The van der Waals surface area contributed by atoms with Gasteiger partial charge in [-0.2, -0.15) is 0 Å². The molecule has 1 fully saturated rings. The van der Waals surface area contributed by atoms with E-state index in [2.05, 4.69) is 35.8 Å². The van der Waals surface area contributed by atoms with Crippen LogP contribution in [0.1, 0.15) is 29.3 Å². The van der Waals surface area contributed by atoms with Crippen molar-refractivity contribution in [1.29, 1.82) is 0 Å². The van der Waals surface area contributed by atoms with Gasteiger partial charge in [0.2, 0.25) is 0 Å². The second-order valence-electron chi connectivity index (χ2n) is 7.31. The zero-order valence-electron chi connectivity index (χ0n) is 14.9. The van der Waals surface area contributed by atoms with Crippen molar-refractivity contribution in [1.82, 2.24) is 14.5 Å². The van der Waals surface area contributed by atoms with Crippen LogP contribution in [0.3, 0.4) is 0 Å². The molecule has 2 atom stereocenters. The van der Waals surface area contributed by atoms with Gasteiger partial charge in [0.05, 0.1) is 0 Å². The minimum absolute atomic E-state index is 0. The molecule has 3 aromatic rings. The minimum Gasteiger partial charge on any atom is -0.370 e. The Labute approximate surface area is 174 Å². The van der Waals surface area contributed by atoms with Gasteiger partial charge in [-0.1, -0.05) is 22.0 Å². The number of imidazole rings is 1. The van der Waals surface area contributed by atoms with Crippen molar-refractivity contribution in [3.63, 3.8) is 0 Å². The second-order valence-corrected chi connectivity index (χ2v) is 8.61. The molecule has 4 nitrogen and oxygen atoms in total. The van der Waals surface area contributed by atoms with Crippen LogP contribution < -0.4 is 5.32 Å². The molecule has 2 N–H and O–H groups in total. The minimum atomic E-state index is -0.144. The number of halogens is 3. The van der Waals surface area contributed by atoms with Gasteiger partial charge in [0.15, 0.2) is 4.77 Å². The van der Waals surface area contributed by atoms with Gasteiger partial charge in [-0.3, -0.25) is 4.70 Å². The Bertz CT molecular complexity index is 1080. The molecule has 5 rings (SSSR count). The number of nitrogens with zero attached hydrogens (tertiary/aromatic N) is 2. The Morgan fingerprint density at radius 3 is 3.00 bits per heavy atom. The lowest BCUT2D eigenvalue weighted by Gasteiger charge is -2.14. The average molecular weight is 465 g/mol. The first-order chi connectivity index (χ1) is 13.1. The van der Waals surface area contributed by atoms with Gasteiger partial charge in [0.25, 0.3) is 0 Å². The van der Waals surface area contributed by atoms with Gasteiger partial charge in [-0.15, -0.1) is 0 Å². The van der Waals surface area contributed by atoms with Crippen LogP contribution in [-0.4, -0.2) is 21.1 Å². The molecular weight excluding hydrogens is 446 g/mol. The molecule has 2 aliphatic rings. The lowest BCUT2D eigenvalue weighted by Crippen LogP contribution is -2.14. The summed E-state index contributed by atoms with van der Waals surface area (Å²) < 4.78 is 18.4. The smallest absolute Gasteiger partial charge is 0.177 e. The third-order valence-electron chi connectivity index (χ3n) is 5.76. The van der Waals surface area contributed by atoms with Crippen molar-refractivity contribution >= 4 is 34.0 Å². The zero-order valence-corrected chi connectivity index (χ0v) is 17.3. The highest BCUT2D eigenvalue weighted by atomic mass is 79.9. The lowest BCUT2D eigenvalue weighted by atomic mass is 9.93. The normalized spacial score (nSPS) is 21.6. The molecule has 0 amide bonds. The fourth-order valence-electron chi connectivity index (χ4n) is 4.44. The van der Waals surface area contributed by atoms with Gasteiger partial charge in [-0.05, 0) is 54.5 Å². The van der Waals surface area contributed by atoms with Crippen LogP contribution in [0.4, 0.5) is 14.9 Å². The maximum atomic E-state index is 14.5. The number of H-pyrrole nitrogens is 1. The summed E-state index contributed by atoms with van der Waals surface area (Å²) in [5.41, 5.74) is 3.07. The molecule has 1 saturated carbocycles. The van der Waals surface area contributed by atoms with Crippen LogP contribution in [0.2, 0.25) is 0 Å². The summed E-state index contributed by atoms with van der Waals surface area (Å²) in [5.74, 6) is 1.07. The number of fused-ring (bicyclic) bond motifs is 3. The van der Waals surface area contributed by atoms with E-state index in [1.165, 1.54) is 5.69 Å². The molecule has 0 saturated heterocycles. The third kappa shape index (κ3) is 2.99. The number of hydrogen-bond acceptors (Lipinski definition) is 3. The van der Waals surface area contributed by atoms with Crippen LogP contribution >= 0.6 is 28.1 Å². The van der Waals surface area contributed by atoms with Crippen molar-refractivity contribution in [3.05, 3.63) is 74.6 Å². The number of benzene rings is 1. The molecule has 1 aliphatic carbocycles. The standard InChI is InChI=1S/C20H18BrFN4S.FH/c21-12-4-5-15(22)13(9-12)20-10-14(20)18-16(25-19(27)26(18)11-20)6-8-24-17-3-1-2-7-23-17;/h1-5,7,9,14H,6,8,10-11H2,(H,23,24)(H,25,27);1H/t14-,20+;/m0./s1. The molecule has 28 heavy (non-hydrogen) atoms. The van der Waals surface area contributed by atoms with Gasteiger partial charge < -0.3 is 14.9 Å². The Kier molecular flexibility index (Phi) is 4.87. The van der Waals surface area contributed by atoms with Crippen LogP contribution in [0.25, 0.3) is 0 Å². The summed E-state index contributed by atoms with van der Waals surface area (Å²) in [6.45, 7) is 1.52. The molecule has 0 spiro atoms. The van der Waals surface area contributed by atoms with E-state index in [0.717, 1.165) is 52.3 Å². The highest BCUT2D eigenvalue weighted by molar-refractivity contribution is 9.10. The molecule has 3 heterocycles. The zero-order chi connectivity index (χ0) is 18.6. The number of aromatic amines is 1. The average Bonchev–Trinajstić information content (AvgIpc) is 3.16. The summed E-state index contributed by atoms with van der Waals surface area (Å²) >= 11 is 9.03. The number of rotatable bonds is 5. The molecule has 2 aromatic heterocycles. The first-order valence-electron chi connectivity index (χ1n) is 9.00. The molecule has 1 aromatic carbocycles. The summed E-state index contributed by atoms with van der Waals surface area (Å²) in [5, 5.41) is 3.34. The van der Waals surface area contributed by atoms with E-state index in [0.29, 0.717) is 5.92 Å². The number of hydrogen-bond donors (Lipinski definition) is 2. The number of nitrogens with one attached hydrogen (secondary N) is 2. The fourth-order valence-corrected chi connectivity index (χ4v) is 5.09. The quantitative estimate of drug-likeness (QED) is 0.517. The third-order valence-corrected chi connectivity index (χ3v) is 6.58. The molecular formula is C20H19BrF2N4S. The first-order valence-corrected chi connectivity index (χ1v) is 10.2. The topological polar surface area (TPSA) is 45.6 Å². The Hall–Kier alpha value is -2.06. The molecule has 0 bridgehead atoms. The second kappa shape index (κ2) is 7.08.